The molecule has 0 fully saturated rings. The van der Waals surface area contributed by atoms with Crippen LogP contribution in [0.4, 0.5) is 0 Å². The van der Waals surface area contributed by atoms with E-state index in [2.05, 4.69) is 15.5 Å². The van der Waals surface area contributed by atoms with Crippen molar-refractivity contribution in [1.82, 2.24) is 15.5 Å². The first-order chi connectivity index (χ1) is 8.56. The Morgan fingerprint density at radius 1 is 1.39 bits per heavy atom. The number of hydrogen-bond acceptors (Lipinski definition) is 4. The fourth-order valence-electron chi connectivity index (χ4n) is 1.70. The number of H-pyrrole nitrogens is 1. The number of aromatic amines is 1. The Morgan fingerprint density at radius 2 is 2.17 bits per heavy atom. The molecule has 2 atom stereocenters. The molecule has 7 nitrogen and oxygen atoms in total. The van der Waals surface area contributed by atoms with Crippen molar-refractivity contribution in [2.24, 2.45) is 5.92 Å². The minimum Gasteiger partial charge on any atom is -0.481 e. The maximum Gasteiger partial charge on any atom is 0.310 e. The summed E-state index contributed by atoms with van der Waals surface area (Å²) in [6.45, 7) is 0. The average molecular weight is 249 g/mol. The normalized spacial score (nSPS) is 21.8. The van der Waals surface area contributed by atoms with E-state index in [0.717, 1.165) is 0 Å². The van der Waals surface area contributed by atoms with Crippen molar-refractivity contribution in [3.63, 3.8) is 0 Å². The van der Waals surface area contributed by atoms with Crippen LogP contribution < -0.4 is 10.9 Å². The number of nitrogens with zero attached hydrogens (tertiary/aromatic N) is 1. The van der Waals surface area contributed by atoms with Crippen molar-refractivity contribution in [3.05, 3.63) is 40.3 Å². The molecule has 0 bridgehead atoms. The highest BCUT2D eigenvalue weighted by molar-refractivity contribution is 5.92. The van der Waals surface area contributed by atoms with Crippen LogP contribution in [0.3, 0.4) is 0 Å². The largest absolute Gasteiger partial charge is 0.481 e. The molecule has 1 aliphatic rings. The van der Waals surface area contributed by atoms with Crippen LogP contribution in [0.1, 0.15) is 16.9 Å². The number of carbonyl (C=O) groups is 2. The second-order valence-electron chi connectivity index (χ2n) is 3.95. The quantitative estimate of drug-likeness (QED) is 0.627. The molecule has 2 unspecified atom stereocenters. The highest BCUT2D eigenvalue weighted by Crippen LogP contribution is 2.18. The minimum absolute atomic E-state index is 0.0850. The van der Waals surface area contributed by atoms with Gasteiger partial charge in [-0.1, -0.05) is 12.2 Å². The van der Waals surface area contributed by atoms with E-state index < -0.39 is 23.4 Å². The topological polar surface area (TPSA) is 112 Å². The number of carboxylic acid groups (broad SMARTS) is 1. The summed E-state index contributed by atoms with van der Waals surface area (Å²) >= 11 is 0. The molecule has 7 heteroatoms. The number of aliphatic carboxylic acids is 1. The van der Waals surface area contributed by atoms with Gasteiger partial charge in [-0.25, -0.2) is 5.10 Å². The monoisotopic (exact) mass is 249 g/mol. The summed E-state index contributed by atoms with van der Waals surface area (Å²) in [7, 11) is 0. The molecule has 1 amide bonds. The van der Waals surface area contributed by atoms with Gasteiger partial charge in [0.05, 0.1) is 5.92 Å². The van der Waals surface area contributed by atoms with Crippen molar-refractivity contribution in [2.45, 2.75) is 12.5 Å². The maximum atomic E-state index is 11.7. The third-order valence-corrected chi connectivity index (χ3v) is 2.63. The highest BCUT2D eigenvalue weighted by Gasteiger charge is 2.25. The molecule has 1 heterocycles. The van der Waals surface area contributed by atoms with Crippen LogP contribution in [-0.4, -0.2) is 33.2 Å². The summed E-state index contributed by atoms with van der Waals surface area (Å²) in [5, 5.41) is 17.2. The van der Waals surface area contributed by atoms with E-state index in [1.807, 2.05) is 0 Å². The Morgan fingerprint density at radius 3 is 2.72 bits per heavy atom. The lowest BCUT2D eigenvalue weighted by atomic mass is 10.1. The van der Waals surface area contributed by atoms with Crippen LogP contribution in [0.5, 0.6) is 0 Å². The number of nitrogens with one attached hydrogen (secondary N) is 2. The summed E-state index contributed by atoms with van der Waals surface area (Å²) in [6.07, 6.45) is 3.51. The van der Waals surface area contributed by atoms with Gasteiger partial charge in [-0.3, -0.25) is 14.4 Å². The van der Waals surface area contributed by atoms with Crippen molar-refractivity contribution >= 4 is 11.9 Å². The molecule has 94 valence electrons. The van der Waals surface area contributed by atoms with E-state index in [1.54, 1.807) is 12.2 Å². The van der Waals surface area contributed by atoms with Gasteiger partial charge in [-0.2, -0.15) is 5.10 Å². The van der Waals surface area contributed by atoms with Crippen LogP contribution in [0.15, 0.2) is 29.1 Å². The summed E-state index contributed by atoms with van der Waals surface area (Å²) in [5.41, 5.74) is -0.306. The number of rotatable bonds is 3. The number of hydrogen-bond donors (Lipinski definition) is 3. The van der Waals surface area contributed by atoms with E-state index in [1.165, 1.54) is 12.1 Å². The second kappa shape index (κ2) is 4.82. The zero-order valence-corrected chi connectivity index (χ0v) is 9.29. The molecule has 0 radical (unpaired) electrons. The van der Waals surface area contributed by atoms with Crippen LogP contribution in [0.25, 0.3) is 0 Å². The molecule has 1 aliphatic carbocycles. The Hall–Kier alpha value is -2.44. The zero-order valence-electron chi connectivity index (χ0n) is 9.29. The lowest BCUT2D eigenvalue weighted by molar-refractivity contribution is -0.140. The first-order valence-electron chi connectivity index (χ1n) is 5.34. The summed E-state index contributed by atoms with van der Waals surface area (Å²) in [6, 6.07) is 2.18. The predicted molar refractivity (Wildman–Crippen MR) is 61.0 cm³/mol. The Bertz CT molecular complexity index is 543. The van der Waals surface area contributed by atoms with Crippen LogP contribution >= 0.6 is 0 Å². The van der Waals surface area contributed by atoms with Gasteiger partial charge in [0.25, 0.3) is 11.5 Å². The Kier molecular flexibility index (Phi) is 3.22. The second-order valence-corrected chi connectivity index (χ2v) is 3.95. The van der Waals surface area contributed by atoms with E-state index in [-0.39, 0.29) is 11.7 Å². The molecule has 0 spiro atoms. The van der Waals surface area contributed by atoms with Crippen LogP contribution in [-0.2, 0) is 4.79 Å². The van der Waals surface area contributed by atoms with E-state index >= 15 is 0 Å². The smallest absolute Gasteiger partial charge is 0.310 e. The fraction of sp³-hybridized carbons (Fsp3) is 0.273. The van der Waals surface area contributed by atoms with E-state index in [9.17, 15) is 14.4 Å². The summed E-state index contributed by atoms with van der Waals surface area (Å²) < 4.78 is 0. The van der Waals surface area contributed by atoms with Crippen LogP contribution in [0.2, 0.25) is 0 Å². The summed E-state index contributed by atoms with van der Waals surface area (Å²) in [5.74, 6) is -1.93. The Labute approximate surface area is 102 Å². The van der Waals surface area contributed by atoms with Crippen LogP contribution in [0, 0.1) is 5.92 Å². The number of carbonyl (C=O) groups excluding carboxylic acids is 1. The third-order valence-electron chi connectivity index (χ3n) is 2.63. The SMILES string of the molecule is O=C(NC1C=CC(C(=O)O)C1)c1ccc(=O)[nH]n1. The molecule has 0 saturated heterocycles. The average Bonchev–Trinajstić information content (AvgIpc) is 2.78. The molecule has 18 heavy (non-hydrogen) atoms. The number of amides is 1. The van der Waals surface area contributed by atoms with Gasteiger partial charge in [-0.05, 0) is 12.5 Å². The molecule has 1 aromatic heterocycles. The third kappa shape index (κ3) is 2.62. The van der Waals surface area contributed by atoms with Gasteiger partial charge in [0.1, 0.15) is 5.69 Å². The highest BCUT2D eigenvalue weighted by atomic mass is 16.4. The van der Waals surface area contributed by atoms with Crippen molar-refractivity contribution in [2.75, 3.05) is 0 Å². The first kappa shape index (κ1) is 12.0. The van der Waals surface area contributed by atoms with Gasteiger partial charge in [0.15, 0.2) is 0 Å². The van der Waals surface area contributed by atoms with Gasteiger partial charge in [-0.15, -0.1) is 0 Å². The predicted octanol–water partition coefficient (Wildman–Crippen LogP) is -0.471. The van der Waals surface area contributed by atoms with Gasteiger partial charge >= 0.3 is 5.97 Å². The number of carboxylic acids is 1. The molecular weight excluding hydrogens is 238 g/mol. The van der Waals surface area contributed by atoms with Gasteiger partial charge in [0.2, 0.25) is 0 Å². The summed E-state index contributed by atoms with van der Waals surface area (Å²) in [4.78, 5) is 33.2. The lowest BCUT2D eigenvalue weighted by Gasteiger charge is -2.11. The van der Waals surface area contributed by atoms with Crippen molar-refractivity contribution < 1.29 is 14.7 Å². The molecule has 0 saturated carbocycles. The van der Waals surface area contributed by atoms with Crippen molar-refractivity contribution in [3.8, 4) is 0 Å². The minimum atomic E-state index is -0.912. The standard InChI is InChI=1S/C11H11N3O4/c15-9-4-3-8(13-14-9)10(16)12-7-2-1-6(5-7)11(17)18/h1-4,6-7H,5H2,(H,12,16)(H,14,15)(H,17,18). The fourth-order valence-corrected chi connectivity index (χ4v) is 1.70. The maximum absolute atomic E-state index is 11.7. The molecule has 3 N–H and O–H groups in total. The number of aromatic nitrogens is 2. The van der Waals surface area contributed by atoms with Gasteiger partial charge in [0, 0.05) is 12.1 Å². The van der Waals surface area contributed by atoms with E-state index in [0.29, 0.717) is 6.42 Å². The van der Waals surface area contributed by atoms with Crippen molar-refractivity contribution in [1.29, 1.82) is 0 Å². The molecule has 1 aromatic rings. The van der Waals surface area contributed by atoms with E-state index in [4.69, 9.17) is 5.11 Å². The Balaban J connectivity index is 1.97. The molecule has 2 rings (SSSR count). The molecule has 0 aliphatic heterocycles. The van der Waals surface area contributed by atoms with Gasteiger partial charge < -0.3 is 10.4 Å². The zero-order chi connectivity index (χ0) is 13.1. The lowest BCUT2D eigenvalue weighted by Crippen LogP contribution is -2.34. The molecular formula is C11H11N3O4. The molecule has 0 aromatic carbocycles. The first-order valence-corrected chi connectivity index (χ1v) is 5.34.